The molecule has 0 aromatic heterocycles. The number of carbonyl (C=O) groups excluding carboxylic acids is 2. The van der Waals surface area contributed by atoms with Crippen molar-refractivity contribution in [3.8, 4) is 5.75 Å². The van der Waals surface area contributed by atoms with Gasteiger partial charge in [0.1, 0.15) is 18.3 Å². The Hall–Kier alpha value is -2.67. The van der Waals surface area contributed by atoms with E-state index in [0.717, 1.165) is 16.7 Å². The fourth-order valence-corrected chi connectivity index (χ4v) is 4.47. The predicted octanol–water partition coefficient (Wildman–Crippen LogP) is 5.19. The van der Waals surface area contributed by atoms with E-state index in [9.17, 15) is 14.7 Å². The molecule has 0 amide bonds. The molecule has 1 heterocycles. The summed E-state index contributed by atoms with van der Waals surface area (Å²) in [6.45, 7) is 18.0. The Morgan fingerprint density at radius 3 is 1.97 bits per heavy atom. The largest absolute Gasteiger partial charge is 0.507 e. The Balaban J connectivity index is 2.86. The van der Waals surface area contributed by atoms with Gasteiger partial charge in [-0.1, -0.05) is 53.7 Å². The molecule has 35 heavy (non-hydrogen) atoms. The maximum atomic E-state index is 13.3. The first kappa shape index (κ1) is 28.6. The molecule has 1 aliphatic rings. The lowest BCUT2D eigenvalue weighted by Gasteiger charge is -2.34. The van der Waals surface area contributed by atoms with Gasteiger partial charge in [-0.15, -0.1) is 0 Å². The maximum absolute atomic E-state index is 13.3. The fraction of sp³-hybridized carbons (Fsp3) is 0.607. The van der Waals surface area contributed by atoms with E-state index in [2.05, 4.69) is 4.99 Å². The minimum absolute atomic E-state index is 0.0850. The molecule has 2 atom stereocenters. The molecule has 0 bridgehead atoms. The Kier molecular flexibility index (Phi) is 8.93. The highest BCUT2D eigenvalue weighted by Gasteiger charge is 2.43. The Morgan fingerprint density at radius 2 is 1.51 bits per heavy atom. The summed E-state index contributed by atoms with van der Waals surface area (Å²) in [5, 5.41) is 11.2. The van der Waals surface area contributed by atoms with Crippen LogP contribution in [0.5, 0.6) is 5.75 Å². The molecule has 194 valence electrons. The molecular formula is C28H41NO6. The molecule has 0 saturated heterocycles. The summed E-state index contributed by atoms with van der Waals surface area (Å²) in [6.07, 6.45) is 0. The standard InChI is InChI=1S/C28H41NO6/c1-11-34-25(31)21-16(2)29-17(3)22(26(32)35-13-12-33-10)23(21)18-14-19(27(4,5)6)24(30)20(15-18)28(7,8)9/h14-15,21,23,30H,11-13H2,1-10H3/t21?,23-/m1/s1. The van der Waals surface area contributed by atoms with Crippen LogP contribution < -0.4 is 0 Å². The number of rotatable bonds is 7. The van der Waals surface area contributed by atoms with E-state index < -0.39 is 23.8 Å². The summed E-state index contributed by atoms with van der Waals surface area (Å²) < 4.78 is 15.9. The van der Waals surface area contributed by atoms with Crippen molar-refractivity contribution in [3.05, 3.63) is 40.1 Å². The molecule has 2 rings (SSSR count). The molecule has 0 saturated carbocycles. The molecule has 1 aromatic carbocycles. The first-order chi connectivity index (χ1) is 16.1. The zero-order valence-electron chi connectivity index (χ0n) is 22.9. The molecule has 0 aliphatic carbocycles. The molecule has 0 fully saturated rings. The summed E-state index contributed by atoms with van der Waals surface area (Å²) in [6, 6.07) is 3.80. The van der Waals surface area contributed by atoms with Crippen molar-refractivity contribution >= 4 is 17.7 Å². The average molecular weight is 488 g/mol. The van der Waals surface area contributed by atoms with Gasteiger partial charge in [0.2, 0.25) is 0 Å². The van der Waals surface area contributed by atoms with Gasteiger partial charge in [-0.2, -0.15) is 0 Å². The first-order valence-corrected chi connectivity index (χ1v) is 12.1. The number of esters is 2. The van der Waals surface area contributed by atoms with Crippen molar-refractivity contribution in [1.29, 1.82) is 0 Å². The maximum Gasteiger partial charge on any atom is 0.336 e. The molecule has 1 aliphatic heterocycles. The second kappa shape index (κ2) is 10.9. The fourth-order valence-electron chi connectivity index (χ4n) is 4.47. The van der Waals surface area contributed by atoms with Crippen LogP contribution in [0.4, 0.5) is 0 Å². The van der Waals surface area contributed by atoms with Crippen LogP contribution in [0.15, 0.2) is 28.4 Å². The summed E-state index contributed by atoms with van der Waals surface area (Å²) in [5.74, 6) is -2.24. The van der Waals surface area contributed by atoms with E-state index in [1.165, 1.54) is 7.11 Å². The number of hydrogen-bond donors (Lipinski definition) is 1. The number of nitrogens with zero attached hydrogens (tertiary/aromatic N) is 1. The number of phenolic OH excluding ortho intramolecular Hbond substituents is 1. The summed E-state index contributed by atoms with van der Waals surface area (Å²) >= 11 is 0. The third kappa shape index (κ3) is 6.31. The van der Waals surface area contributed by atoms with E-state index >= 15 is 0 Å². The van der Waals surface area contributed by atoms with Gasteiger partial charge < -0.3 is 19.3 Å². The van der Waals surface area contributed by atoms with Crippen molar-refractivity contribution in [2.24, 2.45) is 10.9 Å². The van der Waals surface area contributed by atoms with Crippen LogP contribution in [0.2, 0.25) is 0 Å². The van der Waals surface area contributed by atoms with E-state index in [0.29, 0.717) is 17.0 Å². The van der Waals surface area contributed by atoms with Crippen molar-refractivity contribution in [1.82, 2.24) is 0 Å². The second-order valence-corrected chi connectivity index (χ2v) is 11.1. The normalized spacial score (nSPS) is 18.9. The number of ether oxygens (including phenoxy) is 3. The topological polar surface area (TPSA) is 94.4 Å². The zero-order valence-corrected chi connectivity index (χ0v) is 22.9. The van der Waals surface area contributed by atoms with Crippen molar-refractivity contribution in [2.75, 3.05) is 26.9 Å². The highest BCUT2D eigenvalue weighted by molar-refractivity contribution is 6.07. The van der Waals surface area contributed by atoms with E-state index in [-0.39, 0.29) is 36.4 Å². The van der Waals surface area contributed by atoms with Gasteiger partial charge >= 0.3 is 11.9 Å². The lowest BCUT2D eigenvalue weighted by molar-refractivity contribution is -0.146. The second-order valence-electron chi connectivity index (χ2n) is 11.1. The van der Waals surface area contributed by atoms with Gasteiger partial charge in [0.25, 0.3) is 0 Å². The van der Waals surface area contributed by atoms with Gasteiger partial charge in [-0.05, 0) is 48.3 Å². The molecule has 0 radical (unpaired) electrons. The van der Waals surface area contributed by atoms with E-state index in [1.54, 1.807) is 20.8 Å². The van der Waals surface area contributed by atoms with Crippen LogP contribution in [-0.2, 0) is 34.6 Å². The minimum atomic E-state index is -0.797. The molecule has 1 N–H and O–H groups in total. The number of aliphatic imine (C=N–C) groups is 1. The molecular weight excluding hydrogens is 446 g/mol. The van der Waals surface area contributed by atoms with Gasteiger partial charge in [-0.3, -0.25) is 9.79 Å². The number of methoxy groups -OCH3 is 1. The first-order valence-electron chi connectivity index (χ1n) is 12.1. The smallest absolute Gasteiger partial charge is 0.336 e. The number of aromatic hydroxyl groups is 1. The van der Waals surface area contributed by atoms with Crippen LogP contribution in [0.25, 0.3) is 0 Å². The minimum Gasteiger partial charge on any atom is -0.507 e. The monoisotopic (exact) mass is 487 g/mol. The highest BCUT2D eigenvalue weighted by Crippen LogP contribution is 2.46. The summed E-state index contributed by atoms with van der Waals surface area (Å²) in [5.41, 5.74) is 2.85. The Labute approximate surface area is 209 Å². The number of carbonyl (C=O) groups is 2. The Bertz CT molecular complexity index is 988. The van der Waals surface area contributed by atoms with Gasteiger partial charge in [-0.25, -0.2) is 4.79 Å². The van der Waals surface area contributed by atoms with Gasteiger partial charge in [0.05, 0.1) is 18.8 Å². The van der Waals surface area contributed by atoms with E-state index in [4.69, 9.17) is 14.2 Å². The van der Waals surface area contributed by atoms with Crippen LogP contribution >= 0.6 is 0 Å². The molecule has 1 aromatic rings. The number of phenols is 1. The lowest BCUT2D eigenvalue weighted by Crippen LogP contribution is -2.37. The third-order valence-corrected chi connectivity index (χ3v) is 6.22. The number of allylic oxidation sites excluding steroid dienone is 1. The number of hydrogen-bond acceptors (Lipinski definition) is 7. The molecule has 7 nitrogen and oxygen atoms in total. The van der Waals surface area contributed by atoms with Gasteiger partial charge in [0.15, 0.2) is 0 Å². The summed E-state index contributed by atoms with van der Waals surface area (Å²) in [4.78, 5) is 31.1. The molecule has 0 spiro atoms. The van der Waals surface area contributed by atoms with Crippen LogP contribution in [0, 0.1) is 5.92 Å². The summed E-state index contributed by atoms with van der Waals surface area (Å²) in [7, 11) is 1.53. The molecule has 1 unspecified atom stereocenters. The highest BCUT2D eigenvalue weighted by atomic mass is 16.6. The van der Waals surface area contributed by atoms with Crippen LogP contribution in [0.1, 0.15) is 84.9 Å². The van der Waals surface area contributed by atoms with Gasteiger partial charge in [0, 0.05) is 24.4 Å². The van der Waals surface area contributed by atoms with Crippen molar-refractivity contribution < 1.29 is 28.9 Å². The average Bonchev–Trinajstić information content (AvgIpc) is 2.71. The lowest BCUT2D eigenvalue weighted by atomic mass is 9.71. The number of benzene rings is 1. The predicted molar refractivity (Wildman–Crippen MR) is 137 cm³/mol. The van der Waals surface area contributed by atoms with E-state index in [1.807, 2.05) is 53.7 Å². The van der Waals surface area contributed by atoms with Crippen LogP contribution in [-0.4, -0.2) is 49.7 Å². The molecule has 7 heteroatoms. The van der Waals surface area contributed by atoms with Crippen molar-refractivity contribution in [2.45, 2.75) is 79.1 Å². The third-order valence-electron chi connectivity index (χ3n) is 6.22. The van der Waals surface area contributed by atoms with Crippen molar-refractivity contribution in [3.63, 3.8) is 0 Å². The quantitative estimate of drug-likeness (QED) is 0.420. The van der Waals surface area contributed by atoms with Crippen LogP contribution in [0.3, 0.4) is 0 Å². The zero-order chi connectivity index (χ0) is 26.7. The Morgan fingerprint density at radius 1 is 0.971 bits per heavy atom. The SMILES string of the molecule is CCOC(=O)C1C(C)=NC(C)=C(C(=O)OCCOC)[C@@H]1c1cc(C(C)(C)C)c(O)c(C(C)(C)C)c1.